The van der Waals surface area contributed by atoms with E-state index in [-0.39, 0.29) is 18.1 Å². The summed E-state index contributed by atoms with van der Waals surface area (Å²) in [7, 11) is 0. The van der Waals surface area contributed by atoms with E-state index in [4.69, 9.17) is 16.2 Å². The van der Waals surface area contributed by atoms with Crippen LogP contribution in [0.4, 0.5) is 4.39 Å². The van der Waals surface area contributed by atoms with Crippen LogP contribution in [0.2, 0.25) is 0 Å². The third-order valence-electron chi connectivity index (χ3n) is 3.70. The molecule has 1 saturated carbocycles. The first-order valence-corrected chi connectivity index (χ1v) is 6.05. The first kappa shape index (κ1) is 12.1. The Hall–Kier alpha value is -1.95. The Morgan fingerprint density at radius 1 is 1.53 bits per heavy atom. The molecule has 0 radical (unpaired) electrons. The monoisotopic (exact) mass is 263 g/mol. The zero-order chi connectivity index (χ0) is 13.6. The number of amidine groups is 1. The minimum atomic E-state index is -0.684. The van der Waals surface area contributed by atoms with Crippen LogP contribution < -0.4 is 11.5 Å². The van der Waals surface area contributed by atoms with Crippen LogP contribution in [0.15, 0.2) is 23.2 Å². The van der Waals surface area contributed by atoms with Crippen molar-refractivity contribution in [2.45, 2.75) is 12.0 Å². The second-order valence-corrected chi connectivity index (χ2v) is 5.00. The van der Waals surface area contributed by atoms with Gasteiger partial charge in [-0.15, -0.1) is 0 Å². The molecule has 1 heterocycles. The fraction of sp³-hybridized carbons (Fsp3) is 0.385. The largest absolute Gasteiger partial charge is 0.386 e. The van der Waals surface area contributed by atoms with Crippen molar-refractivity contribution in [3.05, 3.63) is 35.1 Å². The maximum atomic E-state index is 14.0. The van der Waals surface area contributed by atoms with Crippen LogP contribution in [0.1, 0.15) is 22.3 Å². The number of primary amides is 1. The Kier molecular flexibility index (Phi) is 2.56. The lowest BCUT2D eigenvalue weighted by Crippen LogP contribution is -2.21. The number of hydrogen-bond acceptors (Lipinski definition) is 4. The molecule has 0 bridgehead atoms. The first-order chi connectivity index (χ1) is 9.03. The van der Waals surface area contributed by atoms with Gasteiger partial charge in [0.2, 0.25) is 5.91 Å². The maximum Gasteiger partial charge on any atom is 0.248 e. The first-order valence-electron chi connectivity index (χ1n) is 6.05. The van der Waals surface area contributed by atoms with Gasteiger partial charge in [-0.2, -0.15) is 0 Å². The topological polar surface area (TPSA) is 90.7 Å². The molecule has 1 aromatic rings. The molecule has 4 N–H and O–H groups in total. The fourth-order valence-corrected chi connectivity index (χ4v) is 2.65. The number of rotatable bonds is 2. The third kappa shape index (κ3) is 1.88. The van der Waals surface area contributed by atoms with E-state index in [9.17, 15) is 9.18 Å². The average molecular weight is 263 g/mol. The van der Waals surface area contributed by atoms with Crippen molar-refractivity contribution in [3.8, 4) is 0 Å². The predicted octanol–water partition coefficient (Wildman–Crippen LogP) is 0.527. The van der Waals surface area contributed by atoms with Crippen LogP contribution in [0.5, 0.6) is 0 Å². The lowest BCUT2D eigenvalue weighted by Gasteiger charge is -2.14. The van der Waals surface area contributed by atoms with Crippen LogP contribution in [-0.2, 0) is 10.3 Å². The van der Waals surface area contributed by atoms with E-state index in [1.165, 1.54) is 18.2 Å². The van der Waals surface area contributed by atoms with E-state index >= 15 is 0 Å². The molecule has 5 nitrogen and oxygen atoms in total. The van der Waals surface area contributed by atoms with Gasteiger partial charge < -0.3 is 16.2 Å². The highest BCUT2D eigenvalue weighted by molar-refractivity contribution is 5.93. The standard InChI is InChI=1S/C13H14FN3O2/c14-10-2-1-7(12(16)18)3-9(10)13-4-8(13)5-19-6-11(15)17-13/h1-3,8H,4-6H2,(H2,15,17)(H2,16,18). The van der Waals surface area contributed by atoms with Crippen LogP contribution in [0.25, 0.3) is 0 Å². The third-order valence-corrected chi connectivity index (χ3v) is 3.70. The maximum absolute atomic E-state index is 14.0. The van der Waals surface area contributed by atoms with Gasteiger partial charge in [-0.05, 0) is 24.6 Å². The van der Waals surface area contributed by atoms with E-state index in [1.54, 1.807) is 0 Å². The molecular formula is C13H14FN3O2. The Balaban J connectivity index is 2.09. The van der Waals surface area contributed by atoms with Gasteiger partial charge >= 0.3 is 0 Å². The molecule has 0 aromatic heterocycles. The Labute approximate surface area is 109 Å². The number of halogens is 1. The molecule has 0 spiro atoms. The number of amides is 1. The van der Waals surface area contributed by atoms with E-state index in [0.29, 0.717) is 24.4 Å². The minimum Gasteiger partial charge on any atom is -0.386 e. The number of fused-ring (bicyclic) bond motifs is 1. The van der Waals surface area contributed by atoms with Crippen molar-refractivity contribution in [1.29, 1.82) is 0 Å². The summed E-state index contributed by atoms with van der Waals surface area (Å²) in [6.07, 6.45) is 0.673. The highest BCUT2D eigenvalue weighted by Gasteiger charge is 2.58. The van der Waals surface area contributed by atoms with Gasteiger partial charge in [-0.3, -0.25) is 9.79 Å². The fourth-order valence-electron chi connectivity index (χ4n) is 2.65. The summed E-state index contributed by atoms with van der Waals surface area (Å²) < 4.78 is 19.4. The zero-order valence-electron chi connectivity index (χ0n) is 10.2. The highest BCUT2D eigenvalue weighted by atomic mass is 19.1. The zero-order valence-corrected chi connectivity index (χ0v) is 10.2. The number of carbonyl (C=O) groups is 1. The molecule has 1 aromatic carbocycles. The number of hydrogen-bond donors (Lipinski definition) is 2. The second-order valence-electron chi connectivity index (χ2n) is 5.00. The normalized spacial score (nSPS) is 29.1. The molecule has 100 valence electrons. The van der Waals surface area contributed by atoms with Crippen LogP contribution >= 0.6 is 0 Å². The Morgan fingerprint density at radius 3 is 3.05 bits per heavy atom. The number of benzene rings is 1. The lowest BCUT2D eigenvalue weighted by atomic mass is 9.99. The molecule has 2 aliphatic rings. The van der Waals surface area contributed by atoms with Gasteiger partial charge in [0.25, 0.3) is 0 Å². The molecule has 6 heteroatoms. The summed E-state index contributed by atoms with van der Waals surface area (Å²) in [5.41, 5.74) is 10.9. The second kappa shape index (κ2) is 4.03. The van der Waals surface area contributed by atoms with E-state index < -0.39 is 17.3 Å². The smallest absolute Gasteiger partial charge is 0.248 e. The van der Waals surface area contributed by atoms with Gasteiger partial charge in [0.1, 0.15) is 18.3 Å². The summed E-state index contributed by atoms with van der Waals surface area (Å²) in [4.78, 5) is 15.6. The summed E-state index contributed by atoms with van der Waals surface area (Å²) >= 11 is 0. The van der Waals surface area contributed by atoms with Crippen LogP contribution in [0, 0.1) is 11.7 Å². The van der Waals surface area contributed by atoms with Crippen molar-refractivity contribution in [2.75, 3.05) is 13.2 Å². The number of aliphatic imine (C=N–C) groups is 1. The van der Waals surface area contributed by atoms with Gasteiger partial charge in [-0.1, -0.05) is 0 Å². The van der Waals surface area contributed by atoms with E-state index in [1.807, 2.05) is 0 Å². The van der Waals surface area contributed by atoms with Crippen LogP contribution in [-0.4, -0.2) is 25.0 Å². The number of carbonyl (C=O) groups excluding carboxylic acids is 1. The summed E-state index contributed by atoms with van der Waals surface area (Å²) in [5, 5.41) is 0. The Morgan fingerprint density at radius 2 is 2.32 bits per heavy atom. The number of ether oxygens (including phenoxy) is 1. The Bertz CT molecular complexity index is 587. The van der Waals surface area contributed by atoms with Crippen molar-refractivity contribution in [3.63, 3.8) is 0 Å². The average Bonchev–Trinajstić information content (AvgIpc) is 3.03. The van der Waals surface area contributed by atoms with Crippen molar-refractivity contribution < 1.29 is 13.9 Å². The van der Waals surface area contributed by atoms with E-state index in [0.717, 1.165) is 0 Å². The molecular weight excluding hydrogens is 249 g/mol. The summed E-state index contributed by atoms with van der Waals surface area (Å²) in [5.74, 6) is -0.530. The molecule has 2 unspecified atom stereocenters. The molecule has 1 amide bonds. The van der Waals surface area contributed by atoms with Gasteiger partial charge in [0.05, 0.1) is 12.1 Å². The lowest BCUT2D eigenvalue weighted by molar-refractivity contribution is 0.1000. The van der Waals surface area contributed by atoms with Gasteiger partial charge in [0.15, 0.2) is 0 Å². The summed E-state index contributed by atoms with van der Waals surface area (Å²) in [6.45, 7) is 0.750. The summed E-state index contributed by atoms with van der Waals surface area (Å²) in [6, 6.07) is 4.09. The highest BCUT2D eigenvalue weighted by Crippen LogP contribution is 2.57. The molecule has 1 aliphatic carbocycles. The number of nitrogens with zero attached hydrogens (tertiary/aromatic N) is 1. The van der Waals surface area contributed by atoms with Crippen molar-refractivity contribution >= 4 is 11.7 Å². The van der Waals surface area contributed by atoms with Gasteiger partial charge in [0, 0.05) is 17.0 Å². The molecule has 2 atom stereocenters. The molecule has 3 rings (SSSR count). The quantitative estimate of drug-likeness (QED) is 0.815. The van der Waals surface area contributed by atoms with E-state index in [2.05, 4.69) is 4.99 Å². The molecule has 19 heavy (non-hydrogen) atoms. The molecule has 1 aliphatic heterocycles. The molecule has 0 saturated heterocycles. The predicted molar refractivity (Wildman–Crippen MR) is 67.1 cm³/mol. The SMILES string of the molecule is NC(=O)c1ccc(F)c(C23CC2COCC(N)=N3)c1. The minimum absolute atomic E-state index is 0.103. The van der Waals surface area contributed by atoms with Crippen molar-refractivity contribution in [2.24, 2.45) is 22.4 Å². The molecule has 1 fully saturated rings. The van der Waals surface area contributed by atoms with Gasteiger partial charge in [-0.25, -0.2) is 4.39 Å². The number of nitrogens with two attached hydrogens (primary N) is 2. The van der Waals surface area contributed by atoms with Crippen LogP contribution in [0.3, 0.4) is 0 Å². The van der Waals surface area contributed by atoms with Crippen molar-refractivity contribution in [1.82, 2.24) is 0 Å².